The lowest BCUT2D eigenvalue weighted by Gasteiger charge is -1.94. The van der Waals surface area contributed by atoms with Crippen LogP contribution in [0, 0.1) is 0 Å². The van der Waals surface area contributed by atoms with Gasteiger partial charge in [0.05, 0.1) is 6.61 Å². The number of ether oxygens (including phenoxy) is 1. The molecule has 0 saturated heterocycles. The number of hydrogen-bond acceptors (Lipinski definition) is 3. The molecule has 0 rings (SSSR count). The highest BCUT2D eigenvalue weighted by atomic mass is 32.2. The molecule has 0 amide bonds. The summed E-state index contributed by atoms with van der Waals surface area (Å²) in [4.78, 5) is 10.7. The third kappa shape index (κ3) is 6.09. The molecule has 12 heavy (non-hydrogen) atoms. The Morgan fingerprint density at radius 2 is 2.17 bits per heavy atom. The molecule has 0 saturated carbocycles. The van der Waals surface area contributed by atoms with Crippen LogP contribution in [0.25, 0.3) is 0 Å². The molecule has 1 unspecified atom stereocenters. The maximum Gasteiger partial charge on any atom is 0.331 e. The zero-order valence-corrected chi connectivity index (χ0v) is 8.23. The highest BCUT2D eigenvalue weighted by Crippen LogP contribution is 1.90. The van der Waals surface area contributed by atoms with E-state index < -0.39 is 16.8 Å². The topological polar surface area (TPSA) is 43.4 Å². The summed E-state index contributed by atoms with van der Waals surface area (Å²) < 4.78 is 15.6. The SMILES string of the molecule is CCCS(=O)/C=C/C(=O)OCC. The lowest BCUT2D eigenvalue weighted by Crippen LogP contribution is -2.00. The molecule has 0 aliphatic heterocycles. The van der Waals surface area contributed by atoms with Crippen LogP contribution in [0.4, 0.5) is 0 Å². The lowest BCUT2D eigenvalue weighted by molar-refractivity contribution is -0.137. The van der Waals surface area contributed by atoms with E-state index >= 15 is 0 Å². The molecule has 0 radical (unpaired) electrons. The van der Waals surface area contributed by atoms with E-state index in [4.69, 9.17) is 0 Å². The van der Waals surface area contributed by atoms with Crippen molar-refractivity contribution in [1.29, 1.82) is 0 Å². The van der Waals surface area contributed by atoms with Crippen molar-refractivity contribution in [3.63, 3.8) is 0 Å². The minimum absolute atomic E-state index is 0.351. The molecule has 0 spiro atoms. The van der Waals surface area contributed by atoms with Crippen LogP contribution in [0.1, 0.15) is 20.3 Å². The fourth-order valence-electron chi connectivity index (χ4n) is 0.591. The molecule has 1 atom stereocenters. The Morgan fingerprint density at radius 1 is 1.50 bits per heavy atom. The molecule has 3 nitrogen and oxygen atoms in total. The molecule has 0 aromatic heterocycles. The van der Waals surface area contributed by atoms with E-state index in [9.17, 15) is 9.00 Å². The second-order valence-corrected chi connectivity index (χ2v) is 3.58. The van der Waals surface area contributed by atoms with Crippen LogP contribution < -0.4 is 0 Å². The average Bonchev–Trinajstić information content (AvgIpc) is 2.02. The van der Waals surface area contributed by atoms with Crippen molar-refractivity contribution in [2.75, 3.05) is 12.4 Å². The third-order valence-corrected chi connectivity index (χ3v) is 2.30. The molecule has 0 N–H and O–H groups in total. The zero-order chi connectivity index (χ0) is 9.40. The summed E-state index contributed by atoms with van der Waals surface area (Å²) in [5, 5.41) is 1.38. The second kappa shape index (κ2) is 7.03. The summed E-state index contributed by atoms with van der Waals surface area (Å²) in [6.07, 6.45) is 2.06. The Morgan fingerprint density at radius 3 is 2.67 bits per heavy atom. The van der Waals surface area contributed by atoms with Gasteiger partial charge in [-0.1, -0.05) is 6.92 Å². The number of esters is 1. The summed E-state index contributed by atoms with van der Waals surface area (Å²) in [5.41, 5.74) is 0. The number of carbonyl (C=O) groups excluding carboxylic acids is 1. The highest BCUT2D eigenvalue weighted by Gasteiger charge is 1.95. The number of carbonyl (C=O) groups is 1. The van der Waals surface area contributed by atoms with Crippen LogP contribution in [-0.4, -0.2) is 22.5 Å². The van der Waals surface area contributed by atoms with Gasteiger partial charge in [-0.25, -0.2) is 4.79 Å². The van der Waals surface area contributed by atoms with E-state index in [1.807, 2.05) is 6.92 Å². The predicted molar refractivity (Wildman–Crippen MR) is 49.1 cm³/mol. The van der Waals surface area contributed by atoms with E-state index in [1.54, 1.807) is 6.92 Å². The molecular formula is C8H14O3S. The fraction of sp³-hybridized carbons (Fsp3) is 0.625. The van der Waals surface area contributed by atoms with Gasteiger partial charge in [0.1, 0.15) is 0 Å². The molecule has 0 aromatic rings. The Hall–Kier alpha value is -0.640. The first-order valence-corrected chi connectivity index (χ1v) is 5.31. The Bertz CT molecular complexity index is 167. The van der Waals surface area contributed by atoms with E-state index in [0.717, 1.165) is 6.42 Å². The maximum atomic E-state index is 11.0. The van der Waals surface area contributed by atoms with E-state index in [1.165, 1.54) is 11.5 Å². The molecule has 0 fully saturated rings. The van der Waals surface area contributed by atoms with Gasteiger partial charge in [-0.3, -0.25) is 4.21 Å². The summed E-state index contributed by atoms with van der Waals surface area (Å²) in [6.45, 7) is 4.02. The van der Waals surface area contributed by atoms with Crippen LogP contribution in [0.5, 0.6) is 0 Å². The van der Waals surface area contributed by atoms with Gasteiger partial charge in [0.15, 0.2) is 0 Å². The molecule has 0 aliphatic carbocycles. The highest BCUT2D eigenvalue weighted by molar-refractivity contribution is 7.87. The normalized spacial score (nSPS) is 13.2. The van der Waals surface area contributed by atoms with Crippen molar-refractivity contribution in [2.45, 2.75) is 20.3 Å². The first kappa shape index (κ1) is 11.4. The van der Waals surface area contributed by atoms with Gasteiger partial charge in [-0.15, -0.1) is 0 Å². The first-order chi connectivity index (χ1) is 5.70. The zero-order valence-electron chi connectivity index (χ0n) is 7.41. The predicted octanol–water partition coefficient (Wildman–Crippen LogP) is 1.22. The molecule has 0 aliphatic rings. The fourth-order valence-corrected chi connectivity index (χ4v) is 1.39. The Labute approximate surface area is 75.3 Å². The molecule has 4 heteroatoms. The maximum absolute atomic E-state index is 11.0. The van der Waals surface area contributed by atoms with Gasteiger partial charge < -0.3 is 4.74 Å². The van der Waals surface area contributed by atoms with Gasteiger partial charge in [0.25, 0.3) is 0 Å². The molecule has 0 bridgehead atoms. The quantitative estimate of drug-likeness (QED) is 0.483. The monoisotopic (exact) mass is 190 g/mol. The van der Waals surface area contributed by atoms with Crippen molar-refractivity contribution in [3.8, 4) is 0 Å². The van der Waals surface area contributed by atoms with Crippen LogP contribution in [0.3, 0.4) is 0 Å². The average molecular weight is 190 g/mol. The smallest absolute Gasteiger partial charge is 0.331 e. The van der Waals surface area contributed by atoms with Crippen molar-refractivity contribution in [3.05, 3.63) is 11.5 Å². The van der Waals surface area contributed by atoms with Gasteiger partial charge >= 0.3 is 5.97 Å². The van der Waals surface area contributed by atoms with Gasteiger partial charge in [-0.05, 0) is 13.3 Å². The van der Waals surface area contributed by atoms with Gasteiger partial charge in [0, 0.05) is 28.0 Å². The van der Waals surface area contributed by atoms with Crippen molar-refractivity contribution in [2.24, 2.45) is 0 Å². The van der Waals surface area contributed by atoms with E-state index in [2.05, 4.69) is 4.74 Å². The van der Waals surface area contributed by atoms with Crippen LogP contribution in [0.15, 0.2) is 11.5 Å². The van der Waals surface area contributed by atoms with E-state index in [-0.39, 0.29) is 0 Å². The molecule has 0 aromatic carbocycles. The summed E-state index contributed by atoms with van der Waals surface area (Å²) in [6, 6.07) is 0. The van der Waals surface area contributed by atoms with Crippen LogP contribution in [0.2, 0.25) is 0 Å². The summed E-state index contributed by atoms with van der Waals surface area (Å²) in [7, 11) is -1.03. The largest absolute Gasteiger partial charge is 0.463 e. The second-order valence-electron chi connectivity index (χ2n) is 2.14. The van der Waals surface area contributed by atoms with E-state index in [0.29, 0.717) is 12.4 Å². The number of hydrogen-bond donors (Lipinski definition) is 0. The third-order valence-electron chi connectivity index (χ3n) is 1.05. The summed E-state index contributed by atoms with van der Waals surface area (Å²) >= 11 is 0. The first-order valence-electron chi connectivity index (χ1n) is 3.92. The minimum atomic E-state index is -1.03. The molecule has 70 valence electrons. The van der Waals surface area contributed by atoms with Gasteiger partial charge in [0.2, 0.25) is 0 Å². The van der Waals surface area contributed by atoms with Crippen molar-refractivity contribution in [1.82, 2.24) is 0 Å². The molecular weight excluding hydrogens is 176 g/mol. The van der Waals surface area contributed by atoms with Crippen LogP contribution in [-0.2, 0) is 20.3 Å². The van der Waals surface area contributed by atoms with Crippen LogP contribution >= 0.6 is 0 Å². The Balaban J connectivity index is 3.73. The lowest BCUT2D eigenvalue weighted by atomic mass is 10.6. The summed E-state index contributed by atoms with van der Waals surface area (Å²) in [5.74, 6) is 0.164. The van der Waals surface area contributed by atoms with Crippen molar-refractivity contribution < 1.29 is 13.7 Å². The minimum Gasteiger partial charge on any atom is -0.463 e. The Kier molecular flexibility index (Phi) is 6.66. The standard InChI is InChI=1S/C8H14O3S/c1-3-6-12(10)7-5-8(9)11-4-2/h5,7H,3-4,6H2,1-2H3/b7-5+. The van der Waals surface area contributed by atoms with Gasteiger partial charge in [-0.2, -0.15) is 0 Å². The molecule has 0 heterocycles. The number of rotatable bonds is 5. The van der Waals surface area contributed by atoms with Crippen molar-refractivity contribution >= 4 is 16.8 Å².